The molecule has 32 heavy (non-hydrogen) atoms. The highest BCUT2D eigenvalue weighted by molar-refractivity contribution is 5.87. The summed E-state index contributed by atoms with van der Waals surface area (Å²) in [7, 11) is 0. The molecule has 0 spiro atoms. The van der Waals surface area contributed by atoms with Crippen LogP contribution in [0.2, 0.25) is 0 Å². The van der Waals surface area contributed by atoms with Crippen LogP contribution in [0.1, 0.15) is 21.5 Å². The van der Waals surface area contributed by atoms with Gasteiger partial charge in [-0.15, -0.1) is 0 Å². The molecule has 3 aromatic carbocycles. The van der Waals surface area contributed by atoms with Crippen molar-refractivity contribution in [3.05, 3.63) is 95.6 Å². The first-order chi connectivity index (χ1) is 15.4. The highest BCUT2D eigenvalue weighted by Gasteiger charge is 2.12. The molecule has 0 unspecified atom stereocenters. The average molecular weight is 429 g/mol. The Hall–Kier alpha value is -4.26. The number of aryl methyl sites for hydroxylation is 1. The Morgan fingerprint density at radius 1 is 0.969 bits per heavy atom. The maximum absolute atomic E-state index is 14.9. The van der Waals surface area contributed by atoms with E-state index in [1.54, 1.807) is 18.2 Å². The number of hydrogen-bond donors (Lipinski definition) is 2. The second kappa shape index (κ2) is 8.85. The van der Waals surface area contributed by atoms with Crippen molar-refractivity contribution in [3.63, 3.8) is 0 Å². The lowest BCUT2D eigenvalue weighted by atomic mass is 9.99. The van der Waals surface area contributed by atoms with Crippen molar-refractivity contribution in [2.45, 2.75) is 13.5 Å². The van der Waals surface area contributed by atoms with E-state index in [4.69, 9.17) is 15.6 Å². The number of hydrogen-bond acceptors (Lipinski definition) is 5. The van der Waals surface area contributed by atoms with Gasteiger partial charge in [-0.05, 0) is 48.4 Å². The summed E-state index contributed by atoms with van der Waals surface area (Å²) in [5.74, 6) is -0.660. The number of rotatable bonds is 6. The molecule has 1 aromatic heterocycles. The first kappa shape index (κ1) is 21.0. The average Bonchev–Trinajstić information content (AvgIpc) is 2.79. The van der Waals surface area contributed by atoms with E-state index < -0.39 is 11.8 Å². The van der Waals surface area contributed by atoms with E-state index in [0.29, 0.717) is 22.4 Å². The molecule has 0 fully saturated rings. The molecule has 0 radical (unpaired) electrons. The first-order valence-corrected chi connectivity index (χ1v) is 9.84. The molecule has 0 amide bonds. The van der Waals surface area contributed by atoms with Crippen molar-refractivity contribution in [2.75, 3.05) is 5.73 Å². The topological polar surface area (TPSA) is 98.3 Å². The van der Waals surface area contributed by atoms with Gasteiger partial charge in [0.25, 0.3) is 0 Å². The number of aromatic carboxylic acids is 1. The van der Waals surface area contributed by atoms with E-state index in [0.717, 1.165) is 16.7 Å². The number of anilines is 1. The van der Waals surface area contributed by atoms with Crippen LogP contribution in [0.15, 0.2) is 73.1 Å². The van der Waals surface area contributed by atoms with E-state index >= 15 is 0 Å². The summed E-state index contributed by atoms with van der Waals surface area (Å²) in [5.41, 5.74) is 9.90. The van der Waals surface area contributed by atoms with Crippen molar-refractivity contribution < 1.29 is 19.0 Å². The van der Waals surface area contributed by atoms with Crippen LogP contribution in [0.5, 0.6) is 5.75 Å². The fourth-order valence-corrected chi connectivity index (χ4v) is 3.29. The molecule has 6 nitrogen and oxygen atoms in total. The van der Waals surface area contributed by atoms with E-state index in [2.05, 4.69) is 9.97 Å². The lowest BCUT2D eigenvalue weighted by molar-refractivity contribution is 0.0697. The summed E-state index contributed by atoms with van der Waals surface area (Å²) in [6, 6.07) is 17.1. The van der Waals surface area contributed by atoms with Gasteiger partial charge in [0.1, 0.15) is 18.2 Å². The monoisotopic (exact) mass is 429 g/mol. The highest BCUT2D eigenvalue weighted by atomic mass is 19.1. The van der Waals surface area contributed by atoms with Crippen LogP contribution in [0.25, 0.3) is 22.3 Å². The number of carbonyl (C=O) groups is 1. The molecule has 1 heterocycles. The molecule has 4 rings (SSSR count). The normalized spacial score (nSPS) is 10.7. The summed E-state index contributed by atoms with van der Waals surface area (Å²) in [6.45, 7) is 2.20. The number of benzene rings is 3. The third kappa shape index (κ3) is 4.57. The molecule has 3 N–H and O–H groups in total. The molecule has 0 aliphatic carbocycles. The maximum atomic E-state index is 14.9. The van der Waals surface area contributed by atoms with E-state index in [1.165, 1.54) is 30.6 Å². The molecule has 0 atom stereocenters. The van der Waals surface area contributed by atoms with Gasteiger partial charge in [-0.2, -0.15) is 0 Å². The predicted octanol–water partition coefficient (Wildman–Crippen LogP) is 5.12. The molecule has 0 saturated heterocycles. The Labute approximate surface area is 184 Å². The molecule has 7 heteroatoms. The van der Waals surface area contributed by atoms with Crippen molar-refractivity contribution in [3.8, 4) is 28.0 Å². The quantitative estimate of drug-likeness (QED) is 0.442. The van der Waals surface area contributed by atoms with Crippen LogP contribution in [0.3, 0.4) is 0 Å². The van der Waals surface area contributed by atoms with Gasteiger partial charge in [-0.3, -0.25) is 0 Å². The van der Waals surface area contributed by atoms with Crippen LogP contribution in [-0.2, 0) is 6.61 Å². The van der Waals surface area contributed by atoms with Gasteiger partial charge in [0, 0.05) is 29.1 Å². The molecule has 4 aromatic rings. The number of carboxylic acids is 1. The Bertz CT molecular complexity index is 1270. The van der Waals surface area contributed by atoms with Crippen molar-refractivity contribution in [1.82, 2.24) is 9.97 Å². The minimum Gasteiger partial charge on any atom is -0.488 e. The van der Waals surface area contributed by atoms with Crippen molar-refractivity contribution >= 4 is 11.9 Å². The van der Waals surface area contributed by atoms with Crippen molar-refractivity contribution in [2.24, 2.45) is 0 Å². The number of nitrogens with two attached hydrogens (primary N) is 1. The van der Waals surface area contributed by atoms with Gasteiger partial charge in [-0.25, -0.2) is 19.2 Å². The SMILES string of the molecule is Cc1ccc(OCc2ccc(C(=O)O)cc2)c(-c2ccc(-c3cnc(N)nc3)c(F)c2)c1. The smallest absolute Gasteiger partial charge is 0.335 e. The molecule has 0 saturated carbocycles. The zero-order chi connectivity index (χ0) is 22.7. The van der Waals surface area contributed by atoms with Gasteiger partial charge in [0.05, 0.1) is 5.56 Å². The standard InChI is InChI=1S/C25H20FN3O3/c1-15-2-9-23(32-14-16-3-5-17(6-4-16)24(30)31)21(10-15)18-7-8-20(22(26)11-18)19-12-28-25(27)29-13-19/h2-13H,14H2,1H3,(H,30,31)(H2,27,28,29). The number of carboxylic acid groups (broad SMARTS) is 1. The molecule has 0 bridgehead atoms. The number of halogens is 1. The van der Waals surface area contributed by atoms with Crippen LogP contribution in [0.4, 0.5) is 10.3 Å². The Morgan fingerprint density at radius 3 is 2.34 bits per heavy atom. The van der Waals surface area contributed by atoms with Crippen LogP contribution in [-0.4, -0.2) is 21.0 Å². The summed E-state index contributed by atoms with van der Waals surface area (Å²) >= 11 is 0. The number of nitrogen functional groups attached to an aromatic ring is 1. The Balaban J connectivity index is 1.61. The summed E-state index contributed by atoms with van der Waals surface area (Å²) in [5, 5.41) is 9.02. The summed E-state index contributed by atoms with van der Waals surface area (Å²) in [6.07, 6.45) is 2.97. The van der Waals surface area contributed by atoms with E-state index in [1.807, 2.05) is 31.2 Å². The molecule has 0 aliphatic rings. The predicted molar refractivity (Wildman–Crippen MR) is 120 cm³/mol. The highest BCUT2D eigenvalue weighted by Crippen LogP contribution is 2.34. The molecular formula is C25H20FN3O3. The first-order valence-electron chi connectivity index (χ1n) is 9.84. The maximum Gasteiger partial charge on any atom is 0.335 e. The van der Waals surface area contributed by atoms with E-state index in [-0.39, 0.29) is 18.1 Å². The van der Waals surface area contributed by atoms with Crippen LogP contribution in [0, 0.1) is 12.7 Å². The van der Waals surface area contributed by atoms with Crippen molar-refractivity contribution in [1.29, 1.82) is 0 Å². The van der Waals surface area contributed by atoms with Crippen LogP contribution < -0.4 is 10.5 Å². The number of ether oxygens (including phenoxy) is 1. The van der Waals surface area contributed by atoms with Gasteiger partial charge in [-0.1, -0.05) is 35.9 Å². The fraction of sp³-hybridized carbons (Fsp3) is 0.0800. The molecule has 0 aliphatic heterocycles. The second-order valence-corrected chi connectivity index (χ2v) is 7.31. The summed E-state index contributed by atoms with van der Waals surface area (Å²) in [4.78, 5) is 18.8. The lowest BCUT2D eigenvalue weighted by Crippen LogP contribution is -2.00. The van der Waals surface area contributed by atoms with E-state index in [9.17, 15) is 9.18 Å². The van der Waals surface area contributed by atoms with Crippen LogP contribution >= 0.6 is 0 Å². The third-order valence-corrected chi connectivity index (χ3v) is 4.99. The van der Waals surface area contributed by atoms with Gasteiger partial charge >= 0.3 is 5.97 Å². The Morgan fingerprint density at radius 2 is 1.69 bits per heavy atom. The number of nitrogens with zero attached hydrogens (tertiary/aromatic N) is 2. The van der Waals surface area contributed by atoms with Gasteiger partial charge < -0.3 is 15.6 Å². The summed E-state index contributed by atoms with van der Waals surface area (Å²) < 4.78 is 20.9. The third-order valence-electron chi connectivity index (χ3n) is 4.99. The minimum atomic E-state index is -0.978. The number of aromatic nitrogens is 2. The lowest BCUT2D eigenvalue weighted by Gasteiger charge is -2.14. The largest absolute Gasteiger partial charge is 0.488 e. The zero-order valence-corrected chi connectivity index (χ0v) is 17.2. The zero-order valence-electron chi connectivity index (χ0n) is 17.2. The minimum absolute atomic E-state index is 0.130. The second-order valence-electron chi connectivity index (χ2n) is 7.31. The molecule has 160 valence electrons. The fourth-order valence-electron chi connectivity index (χ4n) is 3.29. The van der Waals surface area contributed by atoms with Gasteiger partial charge in [0.2, 0.25) is 5.95 Å². The molecular weight excluding hydrogens is 409 g/mol. The Kier molecular flexibility index (Phi) is 5.81. The van der Waals surface area contributed by atoms with Gasteiger partial charge in [0.15, 0.2) is 0 Å².